The summed E-state index contributed by atoms with van der Waals surface area (Å²) in [6.07, 6.45) is 0. The lowest BCUT2D eigenvalue weighted by Gasteiger charge is -2.28. The molecule has 0 unspecified atom stereocenters. The van der Waals surface area contributed by atoms with Gasteiger partial charge in [-0.25, -0.2) is 0 Å². The lowest BCUT2D eigenvalue weighted by molar-refractivity contribution is 0.102. The maximum Gasteiger partial charge on any atom is 0.228 e. The molecule has 31 heavy (non-hydrogen) atoms. The van der Waals surface area contributed by atoms with Crippen LogP contribution in [0.15, 0.2) is 53.7 Å². The highest BCUT2D eigenvalue weighted by Gasteiger charge is 2.21. The first kappa shape index (κ1) is 21.7. The molecule has 1 aromatic heterocycles. The molecule has 0 bridgehead atoms. The van der Waals surface area contributed by atoms with Gasteiger partial charge in [0.2, 0.25) is 5.95 Å². The molecule has 162 valence electrons. The fourth-order valence-electron chi connectivity index (χ4n) is 3.34. The molecule has 0 spiro atoms. The summed E-state index contributed by atoms with van der Waals surface area (Å²) < 4.78 is 12.7. The number of ether oxygens (including phenoxy) is 2. The zero-order valence-corrected chi connectivity index (χ0v) is 18.7. The van der Waals surface area contributed by atoms with E-state index in [1.165, 1.54) is 11.8 Å². The molecule has 0 amide bonds. The molecule has 1 fully saturated rings. The van der Waals surface area contributed by atoms with Crippen LogP contribution in [-0.4, -0.2) is 59.7 Å². The van der Waals surface area contributed by atoms with Gasteiger partial charge in [0.1, 0.15) is 5.75 Å². The Kier molecular flexibility index (Phi) is 7.11. The Labute approximate surface area is 190 Å². The number of anilines is 1. The van der Waals surface area contributed by atoms with Crippen molar-refractivity contribution in [2.24, 2.45) is 0 Å². The van der Waals surface area contributed by atoms with E-state index in [1.807, 2.05) is 18.2 Å². The van der Waals surface area contributed by atoms with E-state index in [0.29, 0.717) is 41.3 Å². The summed E-state index contributed by atoms with van der Waals surface area (Å²) in [5.74, 6) is 1.55. The van der Waals surface area contributed by atoms with Crippen molar-refractivity contribution in [1.29, 1.82) is 0 Å². The molecular weight excluding hydrogens is 436 g/mol. The molecule has 1 aliphatic heterocycles. The largest absolute Gasteiger partial charge is 0.495 e. The molecule has 9 heteroatoms. The summed E-state index contributed by atoms with van der Waals surface area (Å²) in [5.41, 5.74) is 1.69. The van der Waals surface area contributed by atoms with Gasteiger partial charge in [0.15, 0.2) is 10.9 Å². The molecule has 0 aliphatic carbocycles. The third kappa shape index (κ3) is 5.20. The van der Waals surface area contributed by atoms with E-state index in [2.05, 4.69) is 31.8 Å². The van der Waals surface area contributed by atoms with E-state index >= 15 is 0 Å². The van der Waals surface area contributed by atoms with E-state index in [-0.39, 0.29) is 11.5 Å². The molecular formula is C22H23ClN4O3S. The summed E-state index contributed by atoms with van der Waals surface area (Å²) in [5, 5.41) is 9.95. The van der Waals surface area contributed by atoms with Crippen LogP contribution in [0, 0.1) is 0 Å². The molecule has 3 aromatic rings. The van der Waals surface area contributed by atoms with Gasteiger partial charge in [-0.3, -0.25) is 9.36 Å². The molecule has 0 radical (unpaired) electrons. The second-order valence-corrected chi connectivity index (χ2v) is 8.36. The fourth-order valence-corrected chi connectivity index (χ4v) is 4.43. The average Bonchev–Trinajstić information content (AvgIpc) is 3.21. The Morgan fingerprint density at radius 2 is 1.94 bits per heavy atom. The molecule has 0 saturated carbocycles. The number of benzene rings is 2. The van der Waals surface area contributed by atoms with Crippen LogP contribution in [0.4, 0.5) is 5.95 Å². The number of aromatic nitrogens is 3. The number of nitrogens with zero attached hydrogens (tertiary/aromatic N) is 4. The van der Waals surface area contributed by atoms with Gasteiger partial charge in [-0.1, -0.05) is 53.7 Å². The van der Waals surface area contributed by atoms with Crippen LogP contribution >= 0.6 is 23.4 Å². The van der Waals surface area contributed by atoms with Gasteiger partial charge in [-0.15, -0.1) is 10.2 Å². The van der Waals surface area contributed by atoms with Crippen molar-refractivity contribution in [1.82, 2.24) is 14.8 Å². The van der Waals surface area contributed by atoms with Crippen molar-refractivity contribution in [3.8, 4) is 5.75 Å². The zero-order valence-electron chi connectivity index (χ0n) is 17.2. The molecule has 2 heterocycles. The Morgan fingerprint density at radius 1 is 1.16 bits per heavy atom. The van der Waals surface area contributed by atoms with E-state index in [0.717, 1.165) is 24.6 Å². The van der Waals surface area contributed by atoms with Crippen molar-refractivity contribution < 1.29 is 14.3 Å². The van der Waals surface area contributed by atoms with Gasteiger partial charge in [0.05, 0.1) is 37.6 Å². The fraction of sp³-hybridized carbons (Fsp3) is 0.318. The number of methoxy groups -OCH3 is 1. The van der Waals surface area contributed by atoms with Crippen LogP contribution in [0.1, 0.15) is 15.9 Å². The van der Waals surface area contributed by atoms with Gasteiger partial charge in [0.25, 0.3) is 0 Å². The minimum atomic E-state index is -0.0308. The normalized spacial score (nSPS) is 13.9. The predicted molar refractivity (Wildman–Crippen MR) is 122 cm³/mol. The van der Waals surface area contributed by atoms with Crippen LogP contribution < -0.4 is 9.64 Å². The first-order valence-electron chi connectivity index (χ1n) is 9.95. The summed E-state index contributed by atoms with van der Waals surface area (Å²) in [6, 6.07) is 15.2. The van der Waals surface area contributed by atoms with E-state index in [9.17, 15) is 4.79 Å². The van der Waals surface area contributed by atoms with Crippen LogP contribution in [-0.2, 0) is 11.3 Å². The number of carbonyl (C=O) groups excluding carboxylic acids is 1. The molecule has 0 atom stereocenters. The SMILES string of the molecule is COc1ccc(C(=O)CSc2nnc(N3CCOCC3)n2Cc2ccccc2)cc1Cl. The summed E-state index contributed by atoms with van der Waals surface area (Å²) in [7, 11) is 1.55. The van der Waals surface area contributed by atoms with Crippen LogP contribution in [0.2, 0.25) is 5.02 Å². The highest BCUT2D eigenvalue weighted by atomic mass is 35.5. The average molecular weight is 459 g/mol. The Hall–Kier alpha value is -2.55. The lowest BCUT2D eigenvalue weighted by Crippen LogP contribution is -2.38. The quantitative estimate of drug-likeness (QED) is 0.375. The van der Waals surface area contributed by atoms with Gasteiger partial charge >= 0.3 is 0 Å². The van der Waals surface area contributed by atoms with Gasteiger partial charge in [-0.2, -0.15) is 0 Å². The van der Waals surface area contributed by atoms with Crippen LogP contribution in [0.25, 0.3) is 0 Å². The van der Waals surface area contributed by atoms with Crippen molar-refractivity contribution in [2.75, 3.05) is 44.1 Å². The summed E-state index contributed by atoms with van der Waals surface area (Å²) in [4.78, 5) is 14.9. The first-order valence-corrected chi connectivity index (χ1v) is 11.3. The molecule has 0 N–H and O–H groups in total. The molecule has 2 aromatic carbocycles. The zero-order chi connectivity index (χ0) is 21.6. The number of hydrogen-bond acceptors (Lipinski definition) is 7. The van der Waals surface area contributed by atoms with Crippen molar-refractivity contribution in [2.45, 2.75) is 11.7 Å². The number of Topliss-reactive ketones (excluding diaryl/α,β-unsaturated/α-hetero) is 1. The number of hydrogen-bond donors (Lipinski definition) is 0. The lowest BCUT2D eigenvalue weighted by atomic mass is 10.1. The van der Waals surface area contributed by atoms with Crippen LogP contribution in [0.5, 0.6) is 5.75 Å². The second kappa shape index (κ2) is 10.2. The maximum absolute atomic E-state index is 12.7. The minimum Gasteiger partial charge on any atom is -0.495 e. The molecule has 4 rings (SSSR count). The highest BCUT2D eigenvalue weighted by molar-refractivity contribution is 7.99. The maximum atomic E-state index is 12.7. The highest BCUT2D eigenvalue weighted by Crippen LogP contribution is 2.28. The van der Waals surface area contributed by atoms with Crippen molar-refractivity contribution >= 4 is 35.1 Å². The van der Waals surface area contributed by atoms with Crippen molar-refractivity contribution in [3.05, 3.63) is 64.7 Å². The van der Waals surface area contributed by atoms with E-state index in [1.54, 1.807) is 25.3 Å². The number of ketones is 1. The number of halogens is 1. The first-order chi connectivity index (χ1) is 15.2. The molecule has 1 aliphatic rings. The summed E-state index contributed by atoms with van der Waals surface area (Å²) in [6.45, 7) is 3.49. The summed E-state index contributed by atoms with van der Waals surface area (Å²) >= 11 is 7.55. The van der Waals surface area contributed by atoms with Gasteiger partial charge in [0, 0.05) is 18.7 Å². The molecule has 1 saturated heterocycles. The monoisotopic (exact) mass is 458 g/mol. The Bertz CT molecular complexity index is 1040. The van der Waals surface area contributed by atoms with Gasteiger partial charge in [-0.05, 0) is 23.8 Å². The third-order valence-corrected chi connectivity index (χ3v) is 6.24. The molecule has 7 nitrogen and oxygen atoms in total. The standard InChI is InChI=1S/C22H23ClN4O3S/c1-29-20-8-7-17(13-18(20)23)19(28)15-31-22-25-24-21(26-9-11-30-12-10-26)27(22)14-16-5-3-2-4-6-16/h2-8,13H,9-12,14-15H2,1H3. The number of rotatable bonds is 8. The number of morpholine rings is 1. The van der Waals surface area contributed by atoms with Crippen LogP contribution in [0.3, 0.4) is 0 Å². The van der Waals surface area contributed by atoms with E-state index in [4.69, 9.17) is 21.1 Å². The minimum absolute atomic E-state index is 0.0308. The smallest absolute Gasteiger partial charge is 0.228 e. The van der Waals surface area contributed by atoms with Gasteiger partial charge < -0.3 is 14.4 Å². The predicted octanol–water partition coefficient (Wildman–Crippen LogP) is 3.80. The number of thioether (sulfide) groups is 1. The Morgan fingerprint density at radius 3 is 2.65 bits per heavy atom. The number of carbonyl (C=O) groups is 1. The second-order valence-electron chi connectivity index (χ2n) is 7.01. The topological polar surface area (TPSA) is 69.5 Å². The van der Waals surface area contributed by atoms with Crippen molar-refractivity contribution in [3.63, 3.8) is 0 Å². The third-order valence-electron chi connectivity index (χ3n) is 4.98. The Balaban J connectivity index is 1.53. The van der Waals surface area contributed by atoms with E-state index < -0.39 is 0 Å².